The molecule has 0 spiro atoms. The molecule has 0 aliphatic carbocycles. The monoisotopic (exact) mass is 287 g/mol. The lowest BCUT2D eigenvalue weighted by Crippen LogP contribution is -2.30. The molecule has 3 heterocycles. The second-order valence-electron chi connectivity index (χ2n) is 5.09. The Kier molecular flexibility index (Phi) is 3.53. The van der Waals surface area contributed by atoms with Gasteiger partial charge in [-0.3, -0.25) is 9.78 Å². The molecular formula is C15H17N3OS. The quantitative estimate of drug-likeness (QED) is 0.852. The molecule has 4 nitrogen and oxygen atoms in total. The van der Waals surface area contributed by atoms with Crippen LogP contribution in [0.1, 0.15) is 44.8 Å². The fraction of sp³-hybridized carbons (Fsp3) is 0.400. The van der Waals surface area contributed by atoms with Crippen LogP contribution in [0.3, 0.4) is 0 Å². The molecule has 1 atom stereocenters. The number of rotatable bonds is 2. The first-order valence-corrected chi connectivity index (χ1v) is 7.63. The third kappa shape index (κ3) is 2.33. The lowest BCUT2D eigenvalue weighted by Gasteiger charge is -2.24. The molecule has 2 aromatic rings. The summed E-state index contributed by atoms with van der Waals surface area (Å²) in [6.07, 6.45) is 5.68. The molecule has 0 N–H and O–H groups in total. The first-order chi connectivity index (χ1) is 9.66. The highest BCUT2D eigenvalue weighted by Crippen LogP contribution is 2.34. The number of carbonyl (C=O) groups is 1. The van der Waals surface area contributed by atoms with Gasteiger partial charge in [0.2, 0.25) is 0 Å². The highest BCUT2D eigenvalue weighted by Gasteiger charge is 2.32. The molecule has 1 aliphatic heterocycles. The Balaban J connectivity index is 1.89. The van der Waals surface area contributed by atoms with Gasteiger partial charge in [-0.25, -0.2) is 4.98 Å². The van der Waals surface area contributed by atoms with Crippen LogP contribution in [0.15, 0.2) is 24.5 Å². The number of hydrogen-bond acceptors (Lipinski definition) is 4. The van der Waals surface area contributed by atoms with Crippen molar-refractivity contribution in [3.63, 3.8) is 0 Å². The fourth-order valence-corrected chi connectivity index (χ4v) is 3.67. The van der Waals surface area contributed by atoms with Crippen molar-refractivity contribution >= 4 is 17.2 Å². The lowest BCUT2D eigenvalue weighted by molar-refractivity contribution is 0.0739. The maximum atomic E-state index is 12.7. The summed E-state index contributed by atoms with van der Waals surface area (Å²) >= 11 is 1.49. The van der Waals surface area contributed by atoms with Crippen LogP contribution in [0, 0.1) is 13.8 Å². The van der Waals surface area contributed by atoms with Gasteiger partial charge in [-0.15, -0.1) is 11.3 Å². The first-order valence-electron chi connectivity index (χ1n) is 6.81. The third-order valence-electron chi connectivity index (χ3n) is 3.68. The van der Waals surface area contributed by atoms with Crippen LogP contribution in [0.5, 0.6) is 0 Å². The van der Waals surface area contributed by atoms with Crippen molar-refractivity contribution in [1.29, 1.82) is 0 Å². The Labute approximate surface area is 122 Å². The molecule has 1 saturated heterocycles. The molecular weight excluding hydrogens is 270 g/mol. The number of aryl methyl sites for hydroxylation is 2. The Morgan fingerprint density at radius 1 is 1.45 bits per heavy atom. The summed E-state index contributed by atoms with van der Waals surface area (Å²) < 4.78 is 0. The Hall–Kier alpha value is -1.75. The predicted molar refractivity (Wildman–Crippen MR) is 78.8 cm³/mol. The molecule has 0 saturated carbocycles. The number of amides is 1. The topological polar surface area (TPSA) is 46.1 Å². The van der Waals surface area contributed by atoms with Crippen molar-refractivity contribution in [3.8, 4) is 0 Å². The minimum absolute atomic E-state index is 0.111. The van der Waals surface area contributed by atoms with Gasteiger partial charge in [0, 0.05) is 18.9 Å². The minimum atomic E-state index is 0.111. The third-order valence-corrected chi connectivity index (χ3v) is 4.74. The van der Waals surface area contributed by atoms with Crippen molar-refractivity contribution < 1.29 is 4.79 Å². The summed E-state index contributed by atoms with van der Waals surface area (Å²) in [5.74, 6) is 0.111. The van der Waals surface area contributed by atoms with E-state index in [0.717, 1.165) is 40.5 Å². The average molecular weight is 287 g/mol. The summed E-state index contributed by atoms with van der Waals surface area (Å²) in [5, 5.41) is 0.947. The molecule has 5 heteroatoms. The van der Waals surface area contributed by atoms with Crippen molar-refractivity contribution in [2.75, 3.05) is 6.54 Å². The first kappa shape index (κ1) is 13.2. The van der Waals surface area contributed by atoms with E-state index in [1.807, 2.05) is 37.1 Å². The van der Waals surface area contributed by atoms with Crippen LogP contribution in [0.2, 0.25) is 0 Å². The zero-order valence-electron chi connectivity index (χ0n) is 11.7. The van der Waals surface area contributed by atoms with E-state index in [2.05, 4.69) is 9.97 Å². The van der Waals surface area contributed by atoms with Crippen molar-refractivity contribution in [1.82, 2.24) is 14.9 Å². The highest BCUT2D eigenvalue weighted by molar-refractivity contribution is 7.13. The van der Waals surface area contributed by atoms with E-state index in [9.17, 15) is 4.79 Å². The Morgan fingerprint density at radius 3 is 2.95 bits per heavy atom. The number of nitrogens with zero attached hydrogens (tertiary/aromatic N) is 3. The van der Waals surface area contributed by atoms with Gasteiger partial charge >= 0.3 is 0 Å². The van der Waals surface area contributed by atoms with Crippen molar-refractivity contribution in [2.45, 2.75) is 32.7 Å². The standard InChI is InChI=1S/C15H17N3OS/c1-10-14(20-11(2)17-10)15(19)18-8-4-6-13(18)12-5-3-7-16-9-12/h3,5,7,9,13H,4,6,8H2,1-2H3. The summed E-state index contributed by atoms with van der Waals surface area (Å²) in [5.41, 5.74) is 1.96. The van der Waals surface area contributed by atoms with Crippen LogP contribution in [-0.4, -0.2) is 27.3 Å². The number of carbonyl (C=O) groups excluding carboxylic acids is 1. The van der Waals surface area contributed by atoms with Gasteiger partial charge < -0.3 is 4.90 Å². The second kappa shape index (κ2) is 5.32. The molecule has 104 valence electrons. The van der Waals surface area contributed by atoms with Gasteiger partial charge in [-0.2, -0.15) is 0 Å². The molecule has 3 rings (SSSR count). The van der Waals surface area contributed by atoms with Crippen LogP contribution in [0.4, 0.5) is 0 Å². The molecule has 0 bridgehead atoms. The molecule has 1 aliphatic rings. The van der Waals surface area contributed by atoms with E-state index in [1.165, 1.54) is 11.3 Å². The van der Waals surface area contributed by atoms with Gasteiger partial charge in [0.15, 0.2) is 0 Å². The van der Waals surface area contributed by atoms with E-state index in [0.29, 0.717) is 0 Å². The van der Waals surface area contributed by atoms with E-state index in [1.54, 1.807) is 6.20 Å². The zero-order valence-corrected chi connectivity index (χ0v) is 12.5. The van der Waals surface area contributed by atoms with Gasteiger partial charge in [0.1, 0.15) is 4.88 Å². The van der Waals surface area contributed by atoms with E-state index in [-0.39, 0.29) is 11.9 Å². The van der Waals surface area contributed by atoms with E-state index >= 15 is 0 Å². The largest absolute Gasteiger partial charge is 0.331 e. The fourth-order valence-electron chi connectivity index (χ4n) is 2.79. The SMILES string of the molecule is Cc1nc(C)c(C(=O)N2CCCC2c2cccnc2)s1. The molecule has 1 fully saturated rings. The highest BCUT2D eigenvalue weighted by atomic mass is 32.1. The van der Waals surface area contributed by atoms with Crippen molar-refractivity contribution in [2.24, 2.45) is 0 Å². The summed E-state index contributed by atoms with van der Waals surface area (Å²) in [7, 11) is 0. The molecule has 2 aromatic heterocycles. The molecule has 20 heavy (non-hydrogen) atoms. The van der Waals surface area contributed by atoms with Crippen LogP contribution in [0.25, 0.3) is 0 Å². The number of hydrogen-bond donors (Lipinski definition) is 0. The number of likely N-dealkylation sites (tertiary alicyclic amines) is 1. The molecule has 1 amide bonds. The number of pyridine rings is 1. The predicted octanol–water partition coefficient (Wildman–Crippen LogP) is 3.13. The molecule has 0 radical (unpaired) electrons. The summed E-state index contributed by atoms with van der Waals surface area (Å²) in [6, 6.07) is 4.13. The Morgan fingerprint density at radius 2 is 2.30 bits per heavy atom. The molecule has 1 unspecified atom stereocenters. The van der Waals surface area contributed by atoms with Gasteiger partial charge in [-0.05, 0) is 38.3 Å². The van der Waals surface area contributed by atoms with E-state index < -0.39 is 0 Å². The minimum Gasteiger partial charge on any atom is -0.331 e. The lowest BCUT2D eigenvalue weighted by atomic mass is 10.1. The van der Waals surface area contributed by atoms with Crippen molar-refractivity contribution in [3.05, 3.63) is 45.7 Å². The maximum absolute atomic E-state index is 12.7. The maximum Gasteiger partial charge on any atom is 0.266 e. The summed E-state index contributed by atoms with van der Waals surface area (Å²) in [6.45, 7) is 4.66. The molecule has 0 aromatic carbocycles. The second-order valence-corrected chi connectivity index (χ2v) is 6.29. The normalized spacial score (nSPS) is 18.5. The van der Waals surface area contributed by atoms with Crippen LogP contribution < -0.4 is 0 Å². The van der Waals surface area contributed by atoms with Gasteiger partial charge in [0.25, 0.3) is 5.91 Å². The number of thiazole rings is 1. The van der Waals surface area contributed by atoms with E-state index in [4.69, 9.17) is 0 Å². The van der Waals surface area contributed by atoms with Gasteiger partial charge in [-0.1, -0.05) is 6.07 Å². The number of aromatic nitrogens is 2. The Bertz CT molecular complexity index is 623. The zero-order chi connectivity index (χ0) is 14.1. The van der Waals surface area contributed by atoms with Gasteiger partial charge in [0.05, 0.1) is 16.7 Å². The smallest absolute Gasteiger partial charge is 0.266 e. The average Bonchev–Trinajstić information content (AvgIpc) is 3.05. The van der Waals surface area contributed by atoms with Crippen LogP contribution >= 0.6 is 11.3 Å². The van der Waals surface area contributed by atoms with Crippen LogP contribution in [-0.2, 0) is 0 Å². The summed E-state index contributed by atoms with van der Waals surface area (Å²) in [4.78, 5) is 24.0.